The molecular weight excluding hydrogens is 438 g/mol. The second-order valence-corrected chi connectivity index (χ2v) is 9.77. The summed E-state index contributed by atoms with van der Waals surface area (Å²) in [6, 6.07) is 7.49. The second kappa shape index (κ2) is 9.24. The number of benzene rings is 1. The molecule has 1 amide bonds. The van der Waals surface area contributed by atoms with Crippen LogP contribution >= 0.6 is 11.3 Å². The zero-order valence-electron chi connectivity index (χ0n) is 19.1. The average molecular weight is 468 g/mol. The first kappa shape index (κ1) is 22.1. The molecule has 4 heterocycles. The highest BCUT2D eigenvalue weighted by molar-refractivity contribution is 7.20. The van der Waals surface area contributed by atoms with Gasteiger partial charge in [0, 0.05) is 45.7 Å². The van der Waals surface area contributed by atoms with Crippen LogP contribution in [0.5, 0.6) is 5.75 Å². The zero-order valence-corrected chi connectivity index (χ0v) is 19.9. The predicted octanol–water partition coefficient (Wildman–Crippen LogP) is 2.59. The Kier molecular flexibility index (Phi) is 6.18. The number of amides is 1. The fourth-order valence-corrected chi connectivity index (χ4v) is 5.61. The summed E-state index contributed by atoms with van der Waals surface area (Å²) in [4.78, 5) is 36.6. The van der Waals surface area contributed by atoms with Crippen LogP contribution in [-0.2, 0) is 13.0 Å². The van der Waals surface area contributed by atoms with E-state index in [0.29, 0.717) is 45.2 Å². The van der Waals surface area contributed by atoms with Gasteiger partial charge in [-0.15, -0.1) is 11.3 Å². The Morgan fingerprint density at radius 3 is 2.79 bits per heavy atom. The quantitative estimate of drug-likeness (QED) is 0.600. The van der Waals surface area contributed by atoms with E-state index in [1.165, 1.54) is 11.3 Å². The normalized spacial score (nSPS) is 16.8. The zero-order chi connectivity index (χ0) is 22.9. The lowest BCUT2D eigenvalue weighted by Gasteiger charge is -2.32. The van der Waals surface area contributed by atoms with Gasteiger partial charge in [-0.2, -0.15) is 0 Å². The van der Waals surface area contributed by atoms with Gasteiger partial charge in [0.25, 0.3) is 11.5 Å². The van der Waals surface area contributed by atoms with Gasteiger partial charge >= 0.3 is 0 Å². The molecule has 2 aliphatic rings. The Hall–Kier alpha value is -2.75. The lowest BCUT2D eigenvalue weighted by atomic mass is 10.2. The molecule has 0 spiro atoms. The maximum atomic E-state index is 13.2. The Bertz CT molecular complexity index is 1240. The minimum Gasteiger partial charge on any atom is -0.490 e. The van der Waals surface area contributed by atoms with Gasteiger partial charge in [0.05, 0.1) is 16.0 Å². The summed E-state index contributed by atoms with van der Waals surface area (Å²) in [5.74, 6) is 1.23. The van der Waals surface area contributed by atoms with E-state index >= 15 is 0 Å². The van der Waals surface area contributed by atoms with Crippen molar-refractivity contribution in [3.8, 4) is 5.75 Å². The lowest BCUT2D eigenvalue weighted by molar-refractivity contribution is 0.102. The number of likely N-dealkylation sites (N-methyl/N-ethyl adjacent to an activating group) is 1. The van der Waals surface area contributed by atoms with Crippen LogP contribution in [0.25, 0.3) is 10.2 Å². The Balaban J connectivity index is 1.30. The molecule has 1 fully saturated rings. The predicted molar refractivity (Wildman–Crippen MR) is 131 cm³/mol. The molecule has 2 aliphatic heterocycles. The van der Waals surface area contributed by atoms with Crippen LogP contribution in [0.4, 0.5) is 5.69 Å². The number of anilines is 1. The van der Waals surface area contributed by atoms with Gasteiger partial charge in [0.2, 0.25) is 0 Å². The van der Waals surface area contributed by atoms with Crippen LogP contribution in [0.2, 0.25) is 0 Å². The number of nitrogens with zero attached hydrogens (tertiary/aromatic N) is 4. The molecule has 3 aromatic rings. The van der Waals surface area contributed by atoms with Crippen LogP contribution in [0.15, 0.2) is 29.1 Å². The number of hydrogen-bond donors (Lipinski definition) is 1. The molecule has 0 bridgehead atoms. The molecule has 5 rings (SSSR count). The summed E-state index contributed by atoms with van der Waals surface area (Å²) in [7, 11) is 2.14. The molecule has 9 heteroatoms. The first-order valence-electron chi connectivity index (χ1n) is 11.5. The minimum absolute atomic E-state index is 0.0343. The van der Waals surface area contributed by atoms with Crippen LogP contribution < -0.4 is 15.6 Å². The van der Waals surface area contributed by atoms with Gasteiger partial charge in [0.1, 0.15) is 23.0 Å². The number of ether oxygens (including phenoxy) is 1. The number of carbonyl (C=O) groups excluding carboxylic acids is 1. The van der Waals surface area contributed by atoms with E-state index in [4.69, 9.17) is 4.74 Å². The smallest absolute Gasteiger partial charge is 0.266 e. The first-order chi connectivity index (χ1) is 16.0. The van der Waals surface area contributed by atoms with Crippen molar-refractivity contribution >= 4 is 33.1 Å². The molecule has 1 N–H and O–H groups in total. The van der Waals surface area contributed by atoms with Crippen molar-refractivity contribution in [3.05, 3.63) is 50.9 Å². The lowest BCUT2D eigenvalue weighted by Crippen LogP contribution is -2.45. The van der Waals surface area contributed by atoms with Gasteiger partial charge in [0.15, 0.2) is 0 Å². The third-order valence-corrected chi connectivity index (χ3v) is 7.70. The van der Waals surface area contributed by atoms with E-state index in [-0.39, 0.29) is 11.5 Å². The maximum Gasteiger partial charge on any atom is 0.266 e. The van der Waals surface area contributed by atoms with Gasteiger partial charge in [-0.05, 0) is 38.1 Å². The SMILES string of the molecule is Cc1c(C(=O)Nc2ccccc2OCCN2CCN(C)CC2)sc2nc3n(c(=O)c12)CCC3. The summed E-state index contributed by atoms with van der Waals surface area (Å²) in [6.45, 7) is 8.17. The number of thiophene rings is 1. The minimum atomic E-state index is -0.241. The number of para-hydroxylation sites is 2. The van der Waals surface area contributed by atoms with Crippen molar-refractivity contribution in [3.63, 3.8) is 0 Å². The van der Waals surface area contributed by atoms with E-state index in [9.17, 15) is 9.59 Å². The molecule has 174 valence electrons. The fraction of sp³-hybridized carbons (Fsp3) is 0.458. The number of nitrogens with one attached hydrogen (secondary N) is 1. The van der Waals surface area contributed by atoms with E-state index in [1.54, 1.807) is 4.57 Å². The summed E-state index contributed by atoms with van der Waals surface area (Å²) < 4.78 is 7.78. The highest BCUT2D eigenvalue weighted by Crippen LogP contribution is 2.31. The molecule has 1 aromatic carbocycles. The molecule has 0 aliphatic carbocycles. The number of aromatic nitrogens is 2. The maximum absolute atomic E-state index is 13.2. The van der Waals surface area contributed by atoms with Gasteiger partial charge in [-0.1, -0.05) is 12.1 Å². The standard InChI is InChI=1S/C24H29N5O3S/c1-16-20-23(26-19-8-5-9-29(19)24(20)31)33-21(16)22(30)25-17-6-3-4-7-18(17)32-15-14-28-12-10-27(2)11-13-28/h3-4,6-7H,5,8-15H2,1-2H3,(H,25,30). The third kappa shape index (κ3) is 4.40. The number of aryl methyl sites for hydroxylation is 2. The molecule has 33 heavy (non-hydrogen) atoms. The third-order valence-electron chi connectivity index (χ3n) is 6.51. The molecule has 2 aromatic heterocycles. The summed E-state index contributed by atoms with van der Waals surface area (Å²) in [5.41, 5.74) is 1.29. The number of fused-ring (bicyclic) bond motifs is 2. The molecule has 8 nitrogen and oxygen atoms in total. The monoisotopic (exact) mass is 467 g/mol. The number of carbonyl (C=O) groups is 1. The van der Waals surface area contributed by atoms with Gasteiger partial charge in [-0.3, -0.25) is 19.1 Å². The van der Waals surface area contributed by atoms with E-state index in [1.807, 2.05) is 31.2 Å². The van der Waals surface area contributed by atoms with E-state index < -0.39 is 0 Å². The Morgan fingerprint density at radius 2 is 1.97 bits per heavy atom. The van der Waals surface area contributed by atoms with Crippen molar-refractivity contribution in [1.82, 2.24) is 19.4 Å². The molecule has 0 radical (unpaired) electrons. The van der Waals surface area contributed by atoms with Crippen molar-refractivity contribution in [2.24, 2.45) is 0 Å². The molecule has 0 unspecified atom stereocenters. The summed E-state index contributed by atoms with van der Waals surface area (Å²) in [5, 5.41) is 3.55. The van der Waals surface area contributed by atoms with Crippen molar-refractivity contribution in [1.29, 1.82) is 0 Å². The number of hydrogen-bond acceptors (Lipinski definition) is 7. The summed E-state index contributed by atoms with van der Waals surface area (Å²) in [6.07, 6.45) is 1.75. The number of rotatable bonds is 6. The van der Waals surface area contributed by atoms with Crippen LogP contribution in [0.1, 0.15) is 27.5 Å². The van der Waals surface area contributed by atoms with Gasteiger partial charge in [-0.25, -0.2) is 4.98 Å². The molecule has 0 atom stereocenters. The van der Waals surface area contributed by atoms with Crippen molar-refractivity contribution in [2.45, 2.75) is 26.3 Å². The van der Waals surface area contributed by atoms with E-state index in [2.05, 4.69) is 27.1 Å². The average Bonchev–Trinajstić information content (AvgIpc) is 3.41. The largest absolute Gasteiger partial charge is 0.490 e. The van der Waals surface area contributed by atoms with Crippen molar-refractivity contribution < 1.29 is 9.53 Å². The fourth-order valence-electron chi connectivity index (χ4n) is 4.52. The molecular formula is C24H29N5O3S. The van der Waals surface area contributed by atoms with Gasteiger partial charge < -0.3 is 15.0 Å². The molecule has 0 saturated carbocycles. The topological polar surface area (TPSA) is 79.7 Å². The number of piperazine rings is 1. The van der Waals surface area contributed by atoms with Crippen LogP contribution in [0.3, 0.4) is 0 Å². The van der Waals surface area contributed by atoms with Crippen LogP contribution in [-0.4, -0.2) is 71.6 Å². The van der Waals surface area contributed by atoms with E-state index in [0.717, 1.165) is 51.4 Å². The molecule has 1 saturated heterocycles. The summed E-state index contributed by atoms with van der Waals surface area (Å²) >= 11 is 1.29. The van der Waals surface area contributed by atoms with Crippen LogP contribution in [0, 0.1) is 6.92 Å². The highest BCUT2D eigenvalue weighted by Gasteiger charge is 2.24. The van der Waals surface area contributed by atoms with Crippen molar-refractivity contribution in [2.75, 3.05) is 51.7 Å². The first-order valence-corrected chi connectivity index (χ1v) is 12.3. The Labute approximate surface area is 196 Å². The Morgan fingerprint density at radius 1 is 1.18 bits per heavy atom. The second-order valence-electron chi connectivity index (χ2n) is 8.77. The highest BCUT2D eigenvalue weighted by atomic mass is 32.1.